The number of halogens is 1. The van der Waals surface area contributed by atoms with Gasteiger partial charge in [-0.25, -0.2) is 8.42 Å². The Hall–Kier alpha value is -1.31. The van der Waals surface area contributed by atoms with Gasteiger partial charge in [-0.3, -0.25) is 9.52 Å². The number of sulfonamides is 1. The topological polar surface area (TPSA) is 101 Å². The number of carbonyl (C=O) groups excluding carboxylic acids is 1. The summed E-state index contributed by atoms with van der Waals surface area (Å²) in [4.78, 5) is 11.9. The molecule has 0 fully saturated rings. The predicted molar refractivity (Wildman–Crippen MR) is 102 cm³/mol. The highest BCUT2D eigenvalue weighted by molar-refractivity contribution is 7.92. The molecular weight excluding hydrogens is 350 g/mol. The van der Waals surface area contributed by atoms with Crippen LogP contribution in [0.2, 0.25) is 0 Å². The Balaban J connectivity index is 0.00000529. The summed E-state index contributed by atoms with van der Waals surface area (Å²) in [6, 6.07) is 5.13. The molecule has 138 valence electrons. The number of unbranched alkanes of at least 4 members (excludes halogenated alkanes) is 3. The second-order valence-electron chi connectivity index (χ2n) is 5.54. The molecule has 0 unspecified atom stereocenters. The van der Waals surface area contributed by atoms with Crippen molar-refractivity contribution in [1.29, 1.82) is 0 Å². The van der Waals surface area contributed by atoms with Gasteiger partial charge >= 0.3 is 0 Å². The predicted octanol–water partition coefficient (Wildman–Crippen LogP) is 3.03. The number of nitrogens with one attached hydrogen (secondary N) is 2. The zero-order valence-corrected chi connectivity index (χ0v) is 15.9. The summed E-state index contributed by atoms with van der Waals surface area (Å²) < 4.78 is 25.7. The SMILES string of the molecule is CCS(=O)(=O)Nc1ccc(NC(=O)CCCCCCN)cc1C.Cl. The van der Waals surface area contributed by atoms with Crippen LogP contribution in [0, 0.1) is 6.92 Å². The van der Waals surface area contributed by atoms with Gasteiger partial charge in [0.2, 0.25) is 15.9 Å². The van der Waals surface area contributed by atoms with Crippen molar-refractivity contribution in [3.8, 4) is 0 Å². The van der Waals surface area contributed by atoms with Crippen LogP contribution in [0.25, 0.3) is 0 Å². The van der Waals surface area contributed by atoms with Crippen molar-refractivity contribution in [2.75, 3.05) is 22.3 Å². The van der Waals surface area contributed by atoms with Crippen molar-refractivity contribution in [2.45, 2.75) is 46.0 Å². The summed E-state index contributed by atoms with van der Waals surface area (Å²) in [5, 5.41) is 2.84. The van der Waals surface area contributed by atoms with Crippen molar-refractivity contribution in [3.05, 3.63) is 23.8 Å². The number of nitrogens with two attached hydrogens (primary N) is 1. The number of hydrogen-bond acceptors (Lipinski definition) is 4. The Morgan fingerprint density at radius 1 is 1.17 bits per heavy atom. The fourth-order valence-electron chi connectivity index (χ4n) is 2.10. The fraction of sp³-hybridized carbons (Fsp3) is 0.562. The first-order chi connectivity index (χ1) is 10.9. The molecule has 4 N–H and O–H groups in total. The second kappa shape index (κ2) is 11.3. The minimum Gasteiger partial charge on any atom is -0.330 e. The Labute approximate surface area is 151 Å². The molecule has 0 aliphatic heterocycles. The average molecular weight is 378 g/mol. The normalized spacial score (nSPS) is 10.8. The van der Waals surface area contributed by atoms with E-state index < -0.39 is 10.0 Å². The van der Waals surface area contributed by atoms with E-state index in [0.717, 1.165) is 31.2 Å². The van der Waals surface area contributed by atoms with Crippen LogP contribution in [0.1, 0.15) is 44.6 Å². The summed E-state index contributed by atoms with van der Waals surface area (Å²) in [6.07, 6.45) is 4.37. The average Bonchev–Trinajstić information content (AvgIpc) is 2.50. The molecule has 0 spiro atoms. The standard InChI is InChI=1S/C16H27N3O3S.ClH/c1-3-23(21,22)19-15-10-9-14(12-13(15)2)18-16(20)8-6-4-5-7-11-17;/h9-10,12,19H,3-8,11,17H2,1-2H3,(H,18,20);1H. The minimum absolute atomic E-state index is 0. The van der Waals surface area contributed by atoms with Gasteiger partial charge in [-0.15, -0.1) is 12.4 Å². The van der Waals surface area contributed by atoms with Crippen molar-refractivity contribution in [2.24, 2.45) is 5.73 Å². The monoisotopic (exact) mass is 377 g/mol. The molecule has 1 aromatic carbocycles. The van der Waals surface area contributed by atoms with Gasteiger partial charge in [-0.1, -0.05) is 12.8 Å². The molecular formula is C16H28ClN3O3S. The van der Waals surface area contributed by atoms with Crippen molar-refractivity contribution in [1.82, 2.24) is 0 Å². The number of benzene rings is 1. The van der Waals surface area contributed by atoms with Crippen LogP contribution in [-0.2, 0) is 14.8 Å². The number of aryl methyl sites for hydroxylation is 1. The molecule has 1 aromatic rings. The summed E-state index contributed by atoms with van der Waals surface area (Å²) in [6.45, 7) is 4.08. The van der Waals surface area contributed by atoms with Gasteiger partial charge in [0.25, 0.3) is 0 Å². The van der Waals surface area contributed by atoms with Gasteiger partial charge in [0, 0.05) is 12.1 Å². The Kier molecular flexibility index (Phi) is 10.7. The van der Waals surface area contributed by atoms with E-state index >= 15 is 0 Å². The van der Waals surface area contributed by atoms with Gasteiger partial charge in [-0.2, -0.15) is 0 Å². The zero-order valence-electron chi connectivity index (χ0n) is 14.3. The molecule has 0 aliphatic carbocycles. The maximum Gasteiger partial charge on any atom is 0.232 e. The van der Waals surface area contributed by atoms with E-state index in [0.29, 0.717) is 24.3 Å². The maximum absolute atomic E-state index is 11.9. The Morgan fingerprint density at radius 2 is 1.83 bits per heavy atom. The summed E-state index contributed by atoms with van der Waals surface area (Å²) in [7, 11) is -3.30. The number of anilines is 2. The first kappa shape index (κ1) is 22.7. The third kappa shape index (κ3) is 8.52. The third-order valence-electron chi connectivity index (χ3n) is 3.51. The van der Waals surface area contributed by atoms with E-state index in [2.05, 4.69) is 10.0 Å². The van der Waals surface area contributed by atoms with Crippen LogP contribution >= 0.6 is 12.4 Å². The smallest absolute Gasteiger partial charge is 0.232 e. The maximum atomic E-state index is 11.9. The van der Waals surface area contributed by atoms with E-state index in [4.69, 9.17) is 5.73 Å². The first-order valence-electron chi connectivity index (χ1n) is 7.99. The zero-order chi connectivity index (χ0) is 17.3. The number of rotatable bonds is 10. The van der Waals surface area contributed by atoms with E-state index in [1.807, 2.05) is 0 Å². The molecule has 0 saturated carbocycles. The second-order valence-corrected chi connectivity index (χ2v) is 7.55. The van der Waals surface area contributed by atoms with E-state index in [1.165, 1.54) is 0 Å². The molecule has 0 bridgehead atoms. The molecule has 8 heteroatoms. The molecule has 1 amide bonds. The summed E-state index contributed by atoms with van der Waals surface area (Å²) in [5.41, 5.74) is 7.40. The Bertz CT molecular complexity index is 621. The van der Waals surface area contributed by atoms with Crippen LogP contribution in [0.3, 0.4) is 0 Å². The lowest BCUT2D eigenvalue weighted by molar-refractivity contribution is -0.116. The van der Waals surface area contributed by atoms with E-state index in [-0.39, 0.29) is 24.1 Å². The van der Waals surface area contributed by atoms with Crippen LogP contribution in [0.4, 0.5) is 11.4 Å². The van der Waals surface area contributed by atoms with Crippen LogP contribution in [0.15, 0.2) is 18.2 Å². The first-order valence-corrected chi connectivity index (χ1v) is 9.64. The highest BCUT2D eigenvalue weighted by Gasteiger charge is 2.10. The summed E-state index contributed by atoms with van der Waals surface area (Å²) in [5.74, 6) is -0.00577. The van der Waals surface area contributed by atoms with Gasteiger partial charge in [0.05, 0.1) is 11.4 Å². The van der Waals surface area contributed by atoms with Crippen molar-refractivity contribution >= 4 is 39.7 Å². The number of carbonyl (C=O) groups is 1. The third-order valence-corrected chi connectivity index (χ3v) is 4.80. The molecule has 0 saturated heterocycles. The van der Waals surface area contributed by atoms with Gasteiger partial charge < -0.3 is 11.1 Å². The lowest BCUT2D eigenvalue weighted by Gasteiger charge is -2.11. The largest absolute Gasteiger partial charge is 0.330 e. The molecule has 0 heterocycles. The van der Waals surface area contributed by atoms with E-state index in [9.17, 15) is 13.2 Å². The number of hydrogen-bond donors (Lipinski definition) is 3. The molecule has 0 radical (unpaired) electrons. The molecule has 6 nitrogen and oxygen atoms in total. The quantitative estimate of drug-likeness (QED) is 0.545. The number of amides is 1. The molecule has 1 rings (SSSR count). The molecule has 24 heavy (non-hydrogen) atoms. The minimum atomic E-state index is -3.30. The van der Waals surface area contributed by atoms with Gasteiger partial charge in [-0.05, 0) is 57.0 Å². The molecule has 0 atom stereocenters. The summed E-state index contributed by atoms with van der Waals surface area (Å²) >= 11 is 0. The van der Waals surface area contributed by atoms with Crippen molar-refractivity contribution < 1.29 is 13.2 Å². The molecule has 0 aromatic heterocycles. The van der Waals surface area contributed by atoms with E-state index in [1.54, 1.807) is 32.0 Å². The van der Waals surface area contributed by atoms with Crippen LogP contribution in [0.5, 0.6) is 0 Å². The Morgan fingerprint density at radius 3 is 2.42 bits per heavy atom. The lowest BCUT2D eigenvalue weighted by Crippen LogP contribution is -2.16. The molecule has 0 aliphatic rings. The van der Waals surface area contributed by atoms with Gasteiger partial charge in [0.1, 0.15) is 0 Å². The lowest BCUT2D eigenvalue weighted by atomic mass is 10.1. The highest BCUT2D eigenvalue weighted by atomic mass is 35.5. The van der Waals surface area contributed by atoms with Gasteiger partial charge in [0.15, 0.2) is 0 Å². The van der Waals surface area contributed by atoms with Crippen molar-refractivity contribution in [3.63, 3.8) is 0 Å². The van der Waals surface area contributed by atoms with Crippen LogP contribution in [-0.4, -0.2) is 26.6 Å². The highest BCUT2D eigenvalue weighted by Crippen LogP contribution is 2.21. The van der Waals surface area contributed by atoms with Crippen LogP contribution < -0.4 is 15.8 Å². The fourth-order valence-corrected chi connectivity index (χ4v) is 2.81.